The Morgan fingerprint density at radius 1 is 1.50 bits per heavy atom. The molecule has 0 aliphatic heterocycles. The van der Waals surface area contributed by atoms with Crippen molar-refractivity contribution in [2.75, 3.05) is 0 Å². The van der Waals surface area contributed by atoms with Crippen molar-refractivity contribution in [1.82, 2.24) is 0 Å². The minimum atomic E-state index is -0.268. The molecule has 78 valence electrons. The normalized spacial score (nSPS) is 19.7. The molecule has 0 N–H and O–H groups in total. The van der Waals surface area contributed by atoms with Crippen LogP contribution in [0.1, 0.15) is 45.4 Å². The highest BCUT2D eigenvalue weighted by Gasteiger charge is 2.25. The zero-order chi connectivity index (χ0) is 10.4. The van der Waals surface area contributed by atoms with Gasteiger partial charge in [0.15, 0.2) is 0 Å². The molecule has 0 radical (unpaired) electrons. The molecule has 1 atom stereocenters. The van der Waals surface area contributed by atoms with E-state index in [1.54, 1.807) is 0 Å². The number of nitriles is 1. The Bertz CT molecular complexity index is 226. The van der Waals surface area contributed by atoms with Gasteiger partial charge in [-0.1, -0.05) is 19.3 Å². The summed E-state index contributed by atoms with van der Waals surface area (Å²) in [7, 11) is 0. The molecule has 0 spiro atoms. The van der Waals surface area contributed by atoms with Crippen LogP contribution in [0, 0.1) is 17.2 Å². The van der Waals surface area contributed by atoms with Crippen molar-refractivity contribution in [1.29, 1.82) is 5.26 Å². The summed E-state index contributed by atoms with van der Waals surface area (Å²) in [5, 5.41) is 8.64. The SMILES string of the molecule is CC(=O)O[C@H](CC#N)C1CCCCC1. The highest BCUT2D eigenvalue weighted by molar-refractivity contribution is 5.66. The van der Waals surface area contributed by atoms with Crippen LogP contribution >= 0.6 is 0 Å². The summed E-state index contributed by atoms with van der Waals surface area (Å²) in [4.78, 5) is 10.8. The van der Waals surface area contributed by atoms with Crippen LogP contribution in [0.4, 0.5) is 0 Å². The largest absolute Gasteiger partial charge is 0.461 e. The maximum Gasteiger partial charge on any atom is 0.302 e. The molecule has 0 aromatic rings. The molecule has 1 aliphatic carbocycles. The first-order valence-electron chi connectivity index (χ1n) is 5.28. The molecule has 0 heterocycles. The van der Waals surface area contributed by atoms with Gasteiger partial charge < -0.3 is 4.74 Å². The van der Waals surface area contributed by atoms with Gasteiger partial charge in [0.05, 0.1) is 12.5 Å². The molecule has 0 saturated heterocycles. The molecule has 1 fully saturated rings. The van der Waals surface area contributed by atoms with E-state index < -0.39 is 0 Å². The Kier molecular flexibility index (Phi) is 4.45. The number of hydrogen-bond donors (Lipinski definition) is 0. The van der Waals surface area contributed by atoms with Gasteiger partial charge in [0.25, 0.3) is 0 Å². The van der Waals surface area contributed by atoms with Gasteiger partial charge in [-0.25, -0.2) is 0 Å². The zero-order valence-corrected chi connectivity index (χ0v) is 8.66. The van der Waals surface area contributed by atoms with Crippen LogP contribution in [0.3, 0.4) is 0 Å². The fraction of sp³-hybridized carbons (Fsp3) is 0.818. The number of nitrogens with zero attached hydrogens (tertiary/aromatic N) is 1. The van der Waals surface area contributed by atoms with E-state index in [0.717, 1.165) is 12.8 Å². The lowest BCUT2D eigenvalue weighted by Gasteiger charge is -2.28. The molecule has 3 nitrogen and oxygen atoms in total. The molecule has 0 bridgehead atoms. The van der Waals surface area contributed by atoms with E-state index in [4.69, 9.17) is 10.00 Å². The van der Waals surface area contributed by atoms with Gasteiger partial charge in [-0.05, 0) is 18.8 Å². The Balaban J connectivity index is 2.47. The Labute approximate surface area is 85.1 Å². The summed E-state index contributed by atoms with van der Waals surface area (Å²) in [6.45, 7) is 1.41. The number of carbonyl (C=O) groups is 1. The van der Waals surface area contributed by atoms with E-state index in [2.05, 4.69) is 6.07 Å². The molecule has 1 rings (SSSR count). The number of carbonyl (C=O) groups excluding carboxylic acids is 1. The van der Waals surface area contributed by atoms with E-state index >= 15 is 0 Å². The minimum absolute atomic E-state index is 0.169. The first kappa shape index (κ1) is 11.0. The van der Waals surface area contributed by atoms with Crippen LogP contribution in [0.5, 0.6) is 0 Å². The fourth-order valence-corrected chi connectivity index (χ4v) is 2.11. The predicted octanol–water partition coefficient (Wildman–Crippen LogP) is 2.41. The van der Waals surface area contributed by atoms with E-state index in [-0.39, 0.29) is 12.1 Å². The second-order valence-electron chi connectivity index (χ2n) is 3.91. The van der Waals surface area contributed by atoms with Crippen LogP contribution in [0.25, 0.3) is 0 Å². The molecule has 1 aliphatic rings. The van der Waals surface area contributed by atoms with Crippen LogP contribution in [0.2, 0.25) is 0 Å². The maximum atomic E-state index is 10.8. The Hall–Kier alpha value is -1.04. The van der Waals surface area contributed by atoms with Crippen molar-refractivity contribution < 1.29 is 9.53 Å². The maximum absolute atomic E-state index is 10.8. The van der Waals surface area contributed by atoms with Gasteiger partial charge >= 0.3 is 5.97 Å². The van der Waals surface area contributed by atoms with Gasteiger partial charge in [-0.15, -0.1) is 0 Å². The highest BCUT2D eigenvalue weighted by Crippen LogP contribution is 2.29. The summed E-state index contributed by atoms with van der Waals surface area (Å²) in [5.74, 6) is 0.142. The zero-order valence-electron chi connectivity index (χ0n) is 8.66. The van der Waals surface area contributed by atoms with Gasteiger partial charge in [-0.2, -0.15) is 5.26 Å². The van der Waals surface area contributed by atoms with E-state index in [1.165, 1.54) is 26.2 Å². The highest BCUT2D eigenvalue weighted by atomic mass is 16.5. The summed E-state index contributed by atoms with van der Waals surface area (Å²) < 4.78 is 5.17. The van der Waals surface area contributed by atoms with Crippen molar-refractivity contribution in [3.05, 3.63) is 0 Å². The minimum Gasteiger partial charge on any atom is -0.461 e. The topological polar surface area (TPSA) is 50.1 Å². The van der Waals surface area contributed by atoms with Gasteiger partial charge in [-0.3, -0.25) is 4.79 Å². The quantitative estimate of drug-likeness (QED) is 0.650. The molecule has 0 amide bonds. The average molecular weight is 195 g/mol. The summed E-state index contributed by atoms with van der Waals surface area (Å²) >= 11 is 0. The molecule has 0 aromatic carbocycles. The van der Waals surface area contributed by atoms with Crippen molar-refractivity contribution in [3.63, 3.8) is 0 Å². The predicted molar refractivity (Wildman–Crippen MR) is 52.4 cm³/mol. The van der Waals surface area contributed by atoms with E-state index in [9.17, 15) is 4.79 Å². The van der Waals surface area contributed by atoms with Crippen molar-refractivity contribution in [3.8, 4) is 6.07 Å². The third kappa shape index (κ3) is 3.37. The number of rotatable bonds is 3. The number of hydrogen-bond acceptors (Lipinski definition) is 3. The smallest absolute Gasteiger partial charge is 0.302 e. The van der Waals surface area contributed by atoms with Crippen LogP contribution in [-0.2, 0) is 9.53 Å². The van der Waals surface area contributed by atoms with Crippen molar-refractivity contribution in [2.45, 2.75) is 51.6 Å². The van der Waals surface area contributed by atoms with Gasteiger partial charge in [0.1, 0.15) is 6.10 Å². The summed E-state index contributed by atoms with van der Waals surface area (Å²) in [6.07, 6.45) is 6.04. The monoisotopic (exact) mass is 195 g/mol. The van der Waals surface area contributed by atoms with Crippen LogP contribution in [-0.4, -0.2) is 12.1 Å². The number of ether oxygens (including phenoxy) is 1. The van der Waals surface area contributed by atoms with E-state index in [0.29, 0.717) is 12.3 Å². The summed E-state index contributed by atoms with van der Waals surface area (Å²) in [6, 6.07) is 2.09. The molecule has 14 heavy (non-hydrogen) atoms. The lowest BCUT2D eigenvalue weighted by atomic mass is 9.84. The lowest BCUT2D eigenvalue weighted by Crippen LogP contribution is -2.27. The van der Waals surface area contributed by atoms with Gasteiger partial charge in [0.2, 0.25) is 0 Å². The van der Waals surface area contributed by atoms with Crippen molar-refractivity contribution in [2.24, 2.45) is 5.92 Å². The first-order valence-corrected chi connectivity index (χ1v) is 5.28. The van der Waals surface area contributed by atoms with Crippen LogP contribution in [0.15, 0.2) is 0 Å². The molecule has 3 heteroatoms. The molecular weight excluding hydrogens is 178 g/mol. The molecule has 0 aromatic heterocycles. The second-order valence-corrected chi connectivity index (χ2v) is 3.91. The van der Waals surface area contributed by atoms with Crippen molar-refractivity contribution >= 4 is 5.97 Å². The molecule has 0 unspecified atom stereocenters. The Morgan fingerprint density at radius 3 is 2.64 bits per heavy atom. The van der Waals surface area contributed by atoms with Crippen LogP contribution < -0.4 is 0 Å². The lowest BCUT2D eigenvalue weighted by molar-refractivity contribution is -0.149. The average Bonchev–Trinajstić information content (AvgIpc) is 2.18. The third-order valence-electron chi connectivity index (χ3n) is 2.79. The van der Waals surface area contributed by atoms with E-state index in [1.807, 2.05) is 0 Å². The first-order chi connectivity index (χ1) is 6.74. The standard InChI is InChI=1S/C11H17NO2/c1-9(13)14-11(7-8-12)10-5-3-2-4-6-10/h10-11H,2-7H2,1H3/t11-/m1/s1. The Morgan fingerprint density at radius 2 is 2.14 bits per heavy atom. The molecular formula is C11H17NO2. The van der Waals surface area contributed by atoms with Gasteiger partial charge in [0, 0.05) is 6.92 Å². The summed E-state index contributed by atoms with van der Waals surface area (Å²) in [5.41, 5.74) is 0. The molecule has 1 saturated carbocycles. The third-order valence-corrected chi connectivity index (χ3v) is 2.79. The number of esters is 1. The second kappa shape index (κ2) is 5.64. The fourth-order valence-electron chi connectivity index (χ4n) is 2.11.